The number of aromatic nitrogens is 2. The van der Waals surface area contributed by atoms with Crippen LogP contribution in [0, 0.1) is 5.92 Å². The van der Waals surface area contributed by atoms with Crippen molar-refractivity contribution in [2.75, 3.05) is 12.4 Å². The third kappa shape index (κ3) is 15.8. The molecule has 1 N–H and O–H groups in total. The number of nitrogens with zero attached hydrogens (tertiary/aromatic N) is 3. The number of carbonyl (C=O) groups is 1. The third-order valence-corrected chi connectivity index (χ3v) is 4.20. The average Bonchev–Trinajstić information content (AvgIpc) is 3.23. The highest BCUT2D eigenvalue weighted by molar-refractivity contribution is 5.66. The Kier molecular flexibility index (Phi) is 18.7. The standard InChI is InChI=1S/C20H20F3N3O.C5H10.C2H5N.C2H6/c1-14(6-5-11-27)9-10-15(2)24-19-13-18(25-26(19)3)16-7-4-8-17(12-16)20(21,22)23;1-4-5(2)3;1-3-2;1-2/h4-13,24H,1-3H3;4-5H,1H2,2-3H3;1H2,2H3;1-2H3/b6-5+,14-9-,15-10+;;;. The van der Waals surface area contributed by atoms with Crippen molar-refractivity contribution in [1.29, 1.82) is 0 Å². The van der Waals surface area contributed by atoms with Crippen molar-refractivity contribution in [3.05, 3.63) is 84.1 Å². The second kappa shape index (κ2) is 19.5. The molecule has 8 heteroatoms. The highest BCUT2D eigenvalue weighted by Crippen LogP contribution is 2.32. The minimum atomic E-state index is -4.40. The zero-order valence-corrected chi connectivity index (χ0v) is 23.2. The zero-order chi connectivity index (χ0) is 29.0. The van der Waals surface area contributed by atoms with E-state index in [1.54, 1.807) is 37.0 Å². The molecule has 0 atom stereocenters. The number of alkyl halides is 3. The summed E-state index contributed by atoms with van der Waals surface area (Å²) in [5.74, 6) is 1.29. The third-order valence-electron chi connectivity index (χ3n) is 4.20. The van der Waals surface area contributed by atoms with Crippen LogP contribution in [0.5, 0.6) is 0 Å². The van der Waals surface area contributed by atoms with Gasteiger partial charge in [-0.15, -0.1) is 6.58 Å². The molecule has 37 heavy (non-hydrogen) atoms. The lowest BCUT2D eigenvalue weighted by molar-refractivity contribution is -0.137. The molecule has 0 aliphatic heterocycles. The fraction of sp³-hybridized carbons (Fsp3) is 0.345. The van der Waals surface area contributed by atoms with Crippen LogP contribution in [0.1, 0.15) is 47.1 Å². The van der Waals surface area contributed by atoms with Gasteiger partial charge in [-0.05, 0) is 50.8 Å². The summed E-state index contributed by atoms with van der Waals surface area (Å²) in [5, 5.41) is 7.44. The quantitative estimate of drug-likeness (QED) is 0.132. The monoisotopic (exact) mass is 518 g/mol. The molecule has 0 aliphatic carbocycles. The van der Waals surface area contributed by atoms with Gasteiger partial charge in [-0.2, -0.15) is 18.3 Å². The molecule has 1 aromatic carbocycles. The number of allylic oxidation sites excluding steroid dienone is 7. The van der Waals surface area contributed by atoms with E-state index in [1.807, 2.05) is 45.9 Å². The number of rotatable bonds is 7. The van der Waals surface area contributed by atoms with Crippen molar-refractivity contribution in [3.8, 4) is 11.3 Å². The molecular weight excluding hydrogens is 477 g/mol. The van der Waals surface area contributed by atoms with Crippen LogP contribution in [0.3, 0.4) is 0 Å². The molecule has 1 aromatic heterocycles. The van der Waals surface area contributed by atoms with E-state index in [0.717, 1.165) is 23.4 Å². The van der Waals surface area contributed by atoms with E-state index in [1.165, 1.54) is 12.1 Å². The van der Waals surface area contributed by atoms with Gasteiger partial charge in [-0.25, -0.2) is 0 Å². The normalized spacial score (nSPS) is 11.4. The number of anilines is 1. The van der Waals surface area contributed by atoms with Gasteiger partial charge in [-0.1, -0.05) is 63.6 Å². The molecule has 5 nitrogen and oxygen atoms in total. The van der Waals surface area contributed by atoms with E-state index in [2.05, 4.69) is 42.6 Å². The number of nitrogens with one attached hydrogen (secondary N) is 1. The molecule has 0 fully saturated rings. The van der Waals surface area contributed by atoms with Crippen molar-refractivity contribution in [2.45, 2.75) is 47.7 Å². The molecular formula is C29H41F3N4O. The fourth-order valence-electron chi connectivity index (χ4n) is 2.33. The molecule has 204 valence electrons. The van der Waals surface area contributed by atoms with E-state index in [-0.39, 0.29) is 0 Å². The highest BCUT2D eigenvalue weighted by Gasteiger charge is 2.30. The van der Waals surface area contributed by atoms with Gasteiger partial charge in [-0.3, -0.25) is 9.48 Å². The van der Waals surface area contributed by atoms with Crippen LogP contribution < -0.4 is 5.32 Å². The Morgan fingerprint density at radius 2 is 1.73 bits per heavy atom. The first-order valence-electron chi connectivity index (χ1n) is 11.8. The molecule has 0 bridgehead atoms. The van der Waals surface area contributed by atoms with Crippen molar-refractivity contribution >= 4 is 18.8 Å². The lowest BCUT2D eigenvalue weighted by Crippen LogP contribution is -2.04. The predicted molar refractivity (Wildman–Crippen MR) is 152 cm³/mol. The minimum Gasteiger partial charge on any atom is -0.344 e. The van der Waals surface area contributed by atoms with Crippen LogP contribution in [0.25, 0.3) is 11.3 Å². The molecule has 0 spiro atoms. The largest absolute Gasteiger partial charge is 0.416 e. The van der Waals surface area contributed by atoms with Gasteiger partial charge in [0.15, 0.2) is 0 Å². The molecule has 0 amide bonds. The summed E-state index contributed by atoms with van der Waals surface area (Å²) in [6.07, 6.45) is 5.00. The molecule has 0 saturated heterocycles. The average molecular weight is 519 g/mol. The molecule has 0 unspecified atom stereocenters. The highest BCUT2D eigenvalue weighted by atomic mass is 19.4. The smallest absolute Gasteiger partial charge is 0.344 e. The van der Waals surface area contributed by atoms with Crippen LogP contribution in [0.4, 0.5) is 19.0 Å². The number of hydrogen-bond acceptors (Lipinski definition) is 4. The summed E-state index contributed by atoms with van der Waals surface area (Å²) in [5.41, 5.74) is 1.84. The predicted octanol–water partition coefficient (Wildman–Crippen LogP) is 8.29. The first kappa shape index (κ1) is 35.5. The molecule has 1 heterocycles. The molecule has 2 rings (SSSR count). The maximum atomic E-state index is 12.9. The van der Waals surface area contributed by atoms with Crippen LogP contribution in [0.15, 0.2) is 83.6 Å². The molecule has 0 saturated carbocycles. The van der Waals surface area contributed by atoms with E-state index >= 15 is 0 Å². The number of aldehydes is 1. The first-order valence-corrected chi connectivity index (χ1v) is 11.8. The Morgan fingerprint density at radius 3 is 2.22 bits per heavy atom. The molecule has 0 radical (unpaired) electrons. The van der Waals surface area contributed by atoms with Gasteiger partial charge in [0.2, 0.25) is 0 Å². The van der Waals surface area contributed by atoms with Gasteiger partial charge in [0.25, 0.3) is 0 Å². The second-order valence-electron chi connectivity index (χ2n) is 7.79. The van der Waals surface area contributed by atoms with Crippen molar-refractivity contribution in [2.24, 2.45) is 18.0 Å². The number of benzene rings is 1. The van der Waals surface area contributed by atoms with Gasteiger partial charge in [0.05, 0.1) is 11.3 Å². The summed E-state index contributed by atoms with van der Waals surface area (Å²) in [6.45, 7) is 18.6. The summed E-state index contributed by atoms with van der Waals surface area (Å²) < 4.78 is 40.2. The maximum absolute atomic E-state index is 12.9. The van der Waals surface area contributed by atoms with Crippen LogP contribution in [-0.2, 0) is 18.0 Å². The lowest BCUT2D eigenvalue weighted by Gasteiger charge is -2.07. The Labute approximate surface area is 220 Å². The number of carbonyl (C=O) groups excluding carboxylic acids is 1. The summed E-state index contributed by atoms with van der Waals surface area (Å²) >= 11 is 0. The Morgan fingerprint density at radius 1 is 1.16 bits per heavy atom. The van der Waals surface area contributed by atoms with Gasteiger partial charge in [0, 0.05) is 31.4 Å². The topological polar surface area (TPSA) is 59.3 Å². The number of hydrogen-bond donors (Lipinski definition) is 1. The SMILES string of the molecule is C=CC(C)C.C=NC.CC.CC(=C/C=C(\C)Nc1cc(-c2cccc(C(F)(F)F)c2)nn1C)/C=C/C=O. The number of aliphatic imine (C=N–C) groups is 1. The number of halogens is 3. The van der Waals surface area contributed by atoms with E-state index in [0.29, 0.717) is 29.3 Å². The fourth-order valence-corrected chi connectivity index (χ4v) is 2.33. The number of aryl methyl sites for hydroxylation is 1. The molecule has 0 aliphatic rings. The van der Waals surface area contributed by atoms with Crippen LogP contribution >= 0.6 is 0 Å². The van der Waals surface area contributed by atoms with Crippen molar-refractivity contribution in [1.82, 2.24) is 9.78 Å². The van der Waals surface area contributed by atoms with Gasteiger partial charge >= 0.3 is 6.18 Å². The minimum absolute atomic E-state index is 0.393. The van der Waals surface area contributed by atoms with Crippen LogP contribution in [0.2, 0.25) is 0 Å². The van der Waals surface area contributed by atoms with Crippen molar-refractivity contribution in [3.63, 3.8) is 0 Å². The summed E-state index contributed by atoms with van der Waals surface area (Å²) in [7, 11) is 3.35. The van der Waals surface area contributed by atoms with E-state index < -0.39 is 11.7 Å². The maximum Gasteiger partial charge on any atom is 0.416 e. The summed E-state index contributed by atoms with van der Waals surface area (Å²) in [4.78, 5) is 13.6. The zero-order valence-electron chi connectivity index (χ0n) is 23.2. The lowest BCUT2D eigenvalue weighted by atomic mass is 10.1. The Balaban J connectivity index is 0. The van der Waals surface area contributed by atoms with Crippen LogP contribution in [-0.4, -0.2) is 29.8 Å². The second-order valence-corrected chi connectivity index (χ2v) is 7.79. The van der Waals surface area contributed by atoms with Crippen molar-refractivity contribution < 1.29 is 18.0 Å². The Hall–Kier alpha value is -3.68. The van der Waals surface area contributed by atoms with E-state index in [4.69, 9.17) is 0 Å². The summed E-state index contributed by atoms with van der Waals surface area (Å²) in [6, 6.07) is 6.77. The van der Waals surface area contributed by atoms with Gasteiger partial charge in [0.1, 0.15) is 12.1 Å². The Bertz CT molecular complexity index is 1050. The van der Waals surface area contributed by atoms with Gasteiger partial charge < -0.3 is 10.3 Å². The first-order chi connectivity index (χ1) is 17.4. The molecule has 2 aromatic rings. The van der Waals surface area contributed by atoms with E-state index in [9.17, 15) is 18.0 Å².